The van der Waals surface area contributed by atoms with Crippen LogP contribution < -0.4 is 0 Å². The first-order valence-corrected chi connectivity index (χ1v) is 5.27. The standard InChI is InChI=1S/C11H14N4O/c1-3-4-10-12-5-6-15(10)11-9(8-16)7-13-14(11)2/h5-8H,3-4H2,1-2H3. The molecule has 0 saturated carbocycles. The lowest BCUT2D eigenvalue weighted by atomic mass is 10.3. The maximum Gasteiger partial charge on any atom is 0.155 e. The van der Waals surface area contributed by atoms with E-state index in [0.717, 1.165) is 30.8 Å². The number of rotatable bonds is 4. The minimum Gasteiger partial charge on any atom is -0.298 e. The van der Waals surface area contributed by atoms with Crippen LogP contribution in [-0.4, -0.2) is 25.6 Å². The van der Waals surface area contributed by atoms with E-state index in [1.165, 1.54) is 0 Å². The van der Waals surface area contributed by atoms with Gasteiger partial charge in [-0.3, -0.25) is 14.0 Å². The molecule has 0 spiro atoms. The van der Waals surface area contributed by atoms with Crippen LogP contribution in [-0.2, 0) is 13.5 Å². The van der Waals surface area contributed by atoms with Crippen LogP contribution in [0.1, 0.15) is 29.5 Å². The quantitative estimate of drug-likeness (QED) is 0.728. The Hall–Kier alpha value is -1.91. The van der Waals surface area contributed by atoms with Crippen LogP contribution in [0, 0.1) is 0 Å². The van der Waals surface area contributed by atoms with Gasteiger partial charge in [-0.05, 0) is 6.42 Å². The second kappa shape index (κ2) is 4.30. The third kappa shape index (κ3) is 1.64. The van der Waals surface area contributed by atoms with Crippen molar-refractivity contribution in [3.8, 4) is 5.82 Å². The van der Waals surface area contributed by atoms with Crippen molar-refractivity contribution >= 4 is 6.29 Å². The lowest BCUT2D eigenvalue weighted by Gasteiger charge is -2.08. The molecular weight excluding hydrogens is 204 g/mol. The van der Waals surface area contributed by atoms with Crippen molar-refractivity contribution in [3.63, 3.8) is 0 Å². The summed E-state index contributed by atoms with van der Waals surface area (Å²) in [4.78, 5) is 15.2. The van der Waals surface area contributed by atoms with E-state index in [9.17, 15) is 4.79 Å². The Morgan fingerprint density at radius 3 is 3.00 bits per heavy atom. The maximum atomic E-state index is 10.9. The summed E-state index contributed by atoms with van der Waals surface area (Å²) in [5.41, 5.74) is 0.581. The van der Waals surface area contributed by atoms with E-state index in [1.807, 2.05) is 17.8 Å². The van der Waals surface area contributed by atoms with Crippen LogP contribution in [0.5, 0.6) is 0 Å². The Balaban J connectivity index is 2.53. The van der Waals surface area contributed by atoms with E-state index in [-0.39, 0.29) is 0 Å². The second-order valence-corrected chi connectivity index (χ2v) is 3.63. The molecule has 0 aliphatic heterocycles. The molecule has 0 fully saturated rings. The molecule has 0 aliphatic carbocycles. The molecular formula is C11H14N4O. The van der Waals surface area contributed by atoms with Crippen LogP contribution in [0.2, 0.25) is 0 Å². The largest absolute Gasteiger partial charge is 0.298 e. The van der Waals surface area contributed by atoms with Crippen molar-refractivity contribution in [3.05, 3.63) is 30.0 Å². The van der Waals surface area contributed by atoms with Gasteiger partial charge in [0.2, 0.25) is 0 Å². The normalized spacial score (nSPS) is 10.6. The van der Waals surface area contributed by atoms with E-state index >= 15 is 0 Å². The molecule has 2 heterocycles. The smallest absolute Gasteiger partial charge is 0.155 e. The number of aryl methyl sites for hydroxylation is 2. The third-order valence-electron chi connectivity index (χ3n) is 2.48. The fraction of sp³-hybridized carbons (Fsp3) is 0.364. The van der Waals surface area contributed by atoms with Crippen molar-refractivity contribution in [1.82, 2.24) is 19.3 Å². The molecule has 0 atom stereocenters. The summed E-state index contributed by atoms with van der Waals surface area (Å²) in [5.74, 6) is 1.73. The van der Waals surface area contributed by atoms with Crippen molar-refractivity contribution in [2.75, 3.05) is 0 Å². The minimum atomic E-state index is 0.581. The zero-order valence-electron chi connectivity index (χ0n) is 9.42. The molecule has 2 rings (SSSR count). The summed E-state index contributed by atoms with van der Waals surface area (Å²) in [5, 5.41) is 4.08. The highest BCUT2D eigenvalue weighted by Crippen LogP contribution is 2.14. The van der Waals surface area contributed by atoms with E-state index in [1.54, 1.807) is 17.1 Å². The lowest BCUT2D eigenvalue weighted by Crippen LogP contribution is -2.08. The molecule has 0 saturated heterocycles. The van der Waals surface area contributed by atoms with Crippen molar-refractivity contribution in [1.29, 1.82) is 0 Å². The zero-order chi connectivity index (χ0) is 11.5. The molecule has 0 bridgehead atoms. The highest BCUT2D eigenvalue weighted by Gasteiger charge is 2.12. The van der Waals surface area contributed by atoms with Crippen LogP contribution in [0.25, 0.3) is 5.82 Å². The highest BCUT2D eigenvalue weighted by molar-refractivity contribution is 5.79. The van der Waals surface area contributed by atoms with Gasteiger partial charge in [0.15, 0.2) is 6.29 Å². The van der Waals surface area contributed by atoms with Crippen molar-refractivity contribution < 1.29 is 4.79 Å². The summed E-state index contributed by atoms with van der Waals surface area (Å²) in [7, 11) is 1.82. The molecule has 5 heteroatoms. The average Bonchev–Trinajstić information content (AvgIpc) is 2.85. The van der Waals surface area contributed by atoms with E-state index in [4.69, 9.17) is 0 Å². The molecule has 0 aromatic carbocycles. The number of carbonyl (C=O) groups is 1. The fourth-order valence-electron chi connectivity index (χ4n) is 1.76. The molecule has 84 valence electrons. The summed E-state index contributed by atoms with van der Waals surface area (Å²) in [6.07, 6.45) is 7.89. The first kappa shape index (κ1) is 10.6. The SMILES string of the molecule is CCCc1nccn1-c1c(C=O)cnn1C. The maximum absolute atomic E-state index is 10.9. The Morgan fingerprint density at radius 1 is 1.50 bits per heavy atom. The highest BCUT2D eigenvalue weighted by atomic mass is 16.1. The van der Waals surface area contributed by atoms with Gasteiger partial charge in [0.25, 0.3) is 0 Å². The van der Waals surface area contributed by atoms with Crippen molar-refractivity contribution in [2.45, 2.75) is 19.8 Å². The Bertz CT molecular complexity index is 498. The lowest BCUT2D eigenvalue weighted by molar-refractivity contribution is 0.112. The molecule has 2 aromatic heterocycles. The molecule has 0 N–H and O–H groups in total. The average molecular weight is 218 g/mol. The Morgan fingerprint density at radius 2 is 2.31 bits per heavy atom. The molecule has 16 heavy (non-hydrogen) atoms. The molecule has 0 radical (unpaired) electrons. The third-order valence-corrected chi connectivity index (χ3v) is 2.48. The van der Waals surface area contributed by atoms with Gasteiger partial charge < -0.3 is 0 Å². The first-order valence-electron chi connectivity index (χ1n) is 5.27. The van der Waals surface area contributed by atoms with Crippen LogP contribution in [0.3, 0.4) is 0 Å². The van der Waals surface area contributed by atoms with Crippen molar-refractivity contribution in [2.24, 2.45) is 7.05 Å². The molecule has 0 amide bonds. The van der Waals surface area contributed by atoms with Crippen LogP contribution in [0.4, 0.5) is 0 Å². The molecule has 0 aliphatic rings. The van der Waals surface area contributed by atoms with Gasteiger partial charge in [-0.15, -0.1) is 0 Å². The Labute approximate surface area is 93.7 Å². The zero-order valence-corrected chi connectivity index (χ0v) is 9.42. The number of imidazole rings is 1. The number of nitrogens with zero attached hydrogens (tertiary/aromatic N) is 4. The van der Waals surface area contributed by atoms with Gasteiger partial charge in [0.1, 0.15) is 11.6 Å². The van der Waals surface area contributed by atoms with Gasteiger partial charge in [-0.25, -0.2) is 4.98 Å². The number of hydrogen-bond acceptors (Lipinski definition) is 3. The molecule has 5 nitrogen and oxygen atoms in total. The van der Waals surface area contributed by atoms with Crippen LogP contribution in [0.15, 0.2) is 18.6 Å². The monoisotopic (exact) mass is 218 g/mol. The summed E-state index contributed by atoms with van der Waals surface area (Å²) in [6.45, 7) is 2.10. The number of hydrogen-bond donors (Lipinski definition) is 0. The molecule has 2 aromatic rings. The van der Waals surface area contributed by atoms with E-state index < -0.39 is 0 Å². The topological polar surface area (TPSA) is 52.7 Å². The number of aldehydes is 1. The first-order chi connectivity index (χ1) is 7.77. The molecule has 0 unspecified atom stereocenters. The van der Waals surface area contributed by atoms with E-state index in [0.29, 0.717) is 5.56 Å². The Kier molecular flexibility index (Phi) is 2.85. The van der Waals surface area contributed by atoms with E-state index in [2.05, 4.69) is 17.0 Å². The van der Waals surface area contributed by atoms with Gasteiger partial charge in [0.05, 0.1) is 11.8 Å². The summed E-state index contributed by atoms with van der Waals surface area (Å²) >= 11 is 0. The predicted octanol–water partition coefficient (Wildman–Crippen LogP) is 1.37. The van der Waals surface area contributed by atoms with Gasteiger partial charge >= 0.3 is 0 Å². The van der Waals surface area contributed by atoms with Gasteiger partial charge in [-0.1, -0.05) is 6.92 Å². The summed E-state index contributed by atoms with van der Waals surface area (Å²) < 4.78 is 3.60. The fourth-order valence-corrected chi connectivity index (χ4v) is 1.76. The predicted molar refractivity (Wildman–Crippen MR) is 59.7 cm³/mol. The van der Waals surface area contributed by atoms with Crippen LogP contribution >= 0.6 is 0 Å². The van der Waals surface area contributed by atoms with Gasteiger partial charge in [-0.2, -0.15) is 5.10 Å². The van der Waals surface area contributed by atoms with Gasteiger partial charge in [0, 0.05) is 25.9 Å². The summed E-state index contributed by atoms with van der Waals surface area (Å²) in [6, 6.07) is 0. The number of aromatic nitrogens is 4. The second-order valence-electron chi connectivity index (χ2n) is 3.63. The number of carbonyl (C=O) groups excluding carboxylic acids is 1. The minimum absolute atomic E-state index is 0.581.